The van der Waals surface area contributed by atoms with E-state index in [2.05, 4.69) is 9.97 Å². The Morgan fingerprint density at radius 3 is 2.93 bits per heavy atom. The van der Waals surface area contributed by atoms with E-state index in [4.69, 9.17) is 10.8 Å². The molecule has 1 aromatic rings. The van der Waals surface area contributed by atoms with E-state index < -0.39 is 0 Å². The van der Waals surface area contributed by atoms with E-state index in [1.54, 1.807) is 4.90 Å². The lowest BCUT2D eigenvalue weighted by atomic mass is 10.3. The number of nitrogens with two attached hydrogens (primary N) is 1. The second-order valence-electron chi connectivity index (χ2n) is 3.18. The van der Waals surface area contributed by atoms with Gasteiger partial charge in [-0.3, -0.25) is 4.79 Å². The molecule has 1 heterocycles. The Morgan fingerprint density at radius 1 is 1.60 bits per heavy atom. The molecule has 84 valence electrons. The quantitative estimate of drug-likeness (QED) is 0.615. The number of hydrogen-bond acceptors (Lipinski definition) is 5. The van der Waals surface area contributed by atoms with Crippen molar-refractivity contribution in [1.82, 2.24) is 9.97 Å². The first-order valence-electron chi connectivity index (χ1n) is 4.89. The number of aromatic amines is 1. The summed E-state index contributed by atoms with van der Waals surface area (Å²) in [5.41, 5.74) is 5.36. The lowest BCUT2D eigenvalue weighted by Gasteiger charge is -2.22. The van der Waals surface area contributed by atoms with Gasteiger partial charge in [0.25, 0.3) is 5.56 Å². The first-order valence-corrected chi connectivity index (χ1v) is 4.89. The molecule has 6 heteroatoms. The maximum Gasteiger partial charge on any atom is 0.276 e. The lowest BCUT2D eigenvalue weighted by Crippen LogP contribution is -2.31. The highest BCUT2D eigenvalue weighted by atomic mass is 16.3. The summed E-state index contributed by atoms with van der Waals surface area (Å²) in [7, 11) is 0. The van der Waals surface area contributed by atoms with Gasteiger partial charge in [-0.05, 0) is 6.42 Å². The SMILES string of the molecule is CCCN(CCO)c1nc[nH]c(=O)c1N. The monoisotopic (exact) mass is 212 g/mol. The van der Waals surface area contributed by atoms with Gasteiger partial charge in [0.05, 0.1) is 12.9 Å². The number of aromatic nitrogens is 2. The van der Waals surface area contributed by atoms with Gasteiger partial charge in [-0.2, -0.15) is 0 Å². The van der Waals surface area contributed by atoms with Crippen LogP contribution in [-0.4, -0.2) is 34.8 Å². The summed E-state index contributed by atoms with van der Waals surface area (Å²) in [6.45, 7) is 3.15. The number of nitrogens with one attached hydrogen (secondary N) is 1. The van der Waals surface area contributed by atoms with E-state index in [0.717, 1.165) is 6.42 Å². The third kappa shape index (κ3) is 2.69. The Morgan fingerprint density at radius 2 is 2.33 bits per heavy atom. The van der Waals surface area contributed by atoms with Crippen LogP contribution in [0.4, 0.5) is 11.5 Å². The Kier molecular flexibility index (Phi) is 4.11. The fourth-order valence-electron chi connectivity index (χ4n) is 1.37. The van der Waals surface area contributed by atoms with Gasteiger partial charge in [-0.1, -0.05) is 6.92 Å². The Balaban J connectivity index is 2.99. The van der Waals surface area contributed by atoms with Crippen LogP contribution in [0.3, 0.4) is 0 Å². The molecular weight excluding hydrogens is 196 g/mol. The lowest BCUT2D eigenvalue weighted by molar-refractivity contribution is 0.301. The Bertz CT molecular complexity index is 357. The number of rotatable bonds is 5. The van der Waals surface area contributed by atoms with Crippen molar-refractivity contribution in [3.63, 3.8) is 0 Å². The second kappa shape index (κ2) is 5.35. The maximum absolute atomic E-state index is 11.2. The van der Waals surface area contributed by atoms with Crippen LogP contribution in [0.15, 0.2) is 11.1 Å². The van der Waals surface area contributed by atoms with E-state index >= 15 is 0 Å². The summed E-state index contributed by atoms with van der Waals surface area (Å²) < 4.78 is 0. The number of anilines is 2. The zero-order valence-electron chi connectivity index (χ0n) is 8.73. The van der Waals surface area contributed by atoms with Crippen LogP contribution in [0.2, 0.25) is 0 Å². The average Bonchev–Trinajstić information content (AvgIpc) is 2.22. The van der Waals surface area contributed by atoms with E-state index in [1.165, 1.54) is 6.33 Å². The van der Waals surface area contributed by atoms with Crippen molar-refractivity contribution in [3.8, 4) is 0 Å². The van der Waals surface area contributed by atoms with Crippen molar-refractivity contribution >= 4 is 11.5 Å². The third-order valence-corrected chi connectivity index (χ3v) is 2.03. The molecule has 0 aliphatic carbocycles. The molecule has 1 rings (SSSR count). The highest BCUT2D eigenvalue weighted by Crippen LogP contribution is 2.14. The zero-order valence-corrected chi connectivity index (χ0v) is 8.73. The predicted molar refractivity (Wildman–Crippen MR) is 58.9 cm³/mol. The summed E-state index contributed by atoms with van der Waals surface area (Å²) in [5, 5.41) is 8.89. The topological polar surface area (TPSA) is 95.2 Å². The van der Waals surface area contributed by atoms with Gasteiger partial charge >= 0.3 is 0 Å². The van der Waals surface area contributed by atoms with Crippen molar-refractivity contribution in [2.45, 2.75) is 13.3 Å². The third-order valence-electron chi connectivity index (χ3n) is 2.03. The van der Waals surface area contributed by atoms with Crippen molar-refractivity contribution in [1.29, 1.82) is 0 Å². The minimum absolute atomic E-state index is 0.00786. The first kappa shape index (κ1) is 11.5. The Hall–Kier alpha value is -1.56. The smallest absolute Gasteiger partial charge is 0.276 e. The molecule has 15 heavy (non-hydrogen) atoms. The summed E-state index contributed by atoms with van der Waals surface area (Å²) in [4.78, 5) is 19.4. The molecule has 0 spiro atoms. The zero-order chi connectivity index (χ0) is 11.3. The van der Waals surface area contributed by atoms with Gasteiger partial charge in [0, 0.05) is 13.1 Å². The molecular formula is C9H16N4O2. The molecule has 0 aliphatic heterocycles. The molecule has 0 bridgehead atoms. The molecule has 0 atom stereocenters. The largest absolute Gasteiger partial charge is 0.395 e. The molecule has 6 nitrogen and oxygen atoms in total. The fourth-order valence-corrected chi connectivity index (χ4v) is 1.37. The normalized spacial score (nSPS) is 10.3. The van der Waals surface area contributed by atoms with Gasteiger partial charge in [0.2, 0.25) is 0 Å². The summed E-state index contributed by atoms with van der Waals surface area (Å²) in [5.74, 6) is 0.439. The van der Waals surface area contributed by atoms with Gasteiger partial charge in [0.15, 0.2) is 5.82 Å². The summed E-state index contributed by atoms with van der Waals surface area (Å²) >= 11 is 0. The molecule has 4 N–H and O–H groups in total. The number of aliphatic hydroxyl groups is 1. The molecule has 1 aromatic heterocycles. The second-order valence-corrected chi connectivity index (χ2v) is 3.18. The van der Waals surface area contributed by atoms with Crippen LogP contribution < -0.4 is 16.2 Å². The van der Waals surface area contributed by atoms with Crippen LogP contribution in [0.25, 0.3) is 0 Å². The molecule has 0 saturated carbocycles. The van der Waals surface area contributed by atoms with E-state index in [9.17, 15) is 4.79 Å². The first-order chi connectivity index (χ1) is 7.20. The van der Waals surface area contributed by atoms with Crippen molar-refractivity contribution < 1.29 is 5.11 Å². The molecule has 0 aromatic carbocycles. The van der Waals surface area contributed by atoms with Gasteiger partial charge in [-0.15, -0.1) is 0 Å². The fraction of sp³-hybridized carbons (Fsp3) is 0.556. The standard InChI is InChI=1S/C9H16N4O2/c1-2-3-13(4-5-14)8-7(10)9(15)12-6-11-8/h6,14H,2-5,10H2,1H3,(H,11,12,15). The predicted octanol–water partition coefficient (Wildman–Crippen LogP) is -0.439. The highest BCUT2D eigenvalue weighted by Gasteiger charge is 2.11. The van der Waals surface area contributed by atoms with Gasteiger partial charge in [0.1, 0.15) is 5.69 Å². The average molecular weight is 212 g/mol. The summed E-state index contributed by atoms with van der Waals surface area (Å²) in [6.07, 6.45) is 2.21. The van der Waals surface area contributed by atoms with E-state index in [0.29, 0.717) is 18.9 Å². The molecule has 0 amide bonds. The molecule has 0 fully saturated rings. The van der Waals surface area contributed by atoms with E-state index in [1.807, 2.05) is 6.92 Å². The van der Waals surface area contributed by atoms with Gasteiger partial charge < -0.3 is 20.7 Å². The Labute approximate surface area is 87.8 Å². The molecule has 0 saturated heterocycles. The van der Waals surface area contributed by atoms with Crippen molar-refractivity contribution in [3.05, 3.63) is 16.7 Å². The van der Waals surface area contributed by atoms with Crippen molar-refractivity contribution in [2.75, 3.05) is 30.3 Å². The van der Waals surface area contributed by atoms with Crippen LogP contribution in [0, 0.1) is 0 Å². The van der Waals surface area contributed by atoms with Crippen molar-refractivity contribution in [2.24, 2.45) is 0 Å². The van der Waals surface area contributed by atoms with E-state index in [-0.39, 0.29) is 17.9 Å². The summed E-state index contributed by atoms with van der Waals surface area (Å²) in [6, 6.07) is 0. The minimum atomic E-state index is -0.348. The van der Waals surface area contributed by atoms with Crippen LogP contribution in [-0.2, 0) is 0 Å². The van der Waals surface area contributed by atoms with Crippen LogP contribution in [0.1, 0.15) is 13.3 Å². The molecule has 0 radical (unpaired) electrons. The molecule has 0 unspecified atom stereocenters. The van der Waals surface area contributed by atoms with Crippen LogP contribution >= 0.6 is 0 Å². The van der Waals surface area contributed by atoms with Crippen LogP contribution in [0.5, 0.6) is 0 Å². The maximum atomic E-state index is 11.2. The molecule has 0 aliphatic rings. The number of nitrogens with zero attached hydrogens (tertiary/aromatic N) is 2. The number of hydrogen-bond donors (Lipinski definition) is 3. The van der Waals surface area contributed by atoms with Gasteiger partial charge in [-0.25, -0.2) is 4.98 Å². The number of aliphatic hydroxyl groups excluding tert-OH is 1. The minimum Gasteiger partial charge on any atom is -0.395 e. The number of H-pyrrole nitrogens is 1. The number of nitrogen functional groups attached to an aromatic ring is 1. The highest BCUT2D eigenvalue weighted by molar-refractivity contribution is 5.60.